The monoisotopic (exact) mass is 284 g/mol. The molecule has 0 aromatic heterocycles. The molecule has 2 atom stereocenters. The van der Waals surface area contributed by atoms with E-state index in [1.807, 2.05) is 0 Å². The van der Waals surface area contributed by atoms with Crippen LogP contribution in [0.25, 0.3) is 0 Å². The highest BCUT2D eigenvalue weighted by Crippen LogP contribution is 2.22. The lowest BCUT2D eigenvalue weighted by molar-refractivity contribution is 0.130. The second kappa shape index (κ2) is 9.75. The number of hydrogen-bond acceptors (Lipinski definition) is 3. The van der Waals surface area contributed by atoms with Gasteiger partial charge in [-0.25, -0.2) is 0 Å². The number of aliphatic hydroxyl groups is 1. The summed E-state index contributed by atoms with van der Waals surface area (Å²) in [4.78, 5) is 2.72. The lowest BCUT2D eigenvalue weighted by atomic mass is 9.94. The first-order valence-electron chi connectivity index (χ1n) is 8.75. The summed E-state index contributed by atoms with van der Waals surface area (Å²) < 4.78 is 0. The van der Waals surface area contributed by atoms with Crippen LogP contribution in [0.15, 0.2) is 0 Å². The molecule has 20 heavy (non-hydrogen) atoms. The van der Waals surface area contributed by atoms with Gasteiger partial charge in [-0.2, -0.15) is 0 Å². The van der Waals surface area contributed by atoms with Crippen molar-refractivity contribution in [1.29, 1.82) is 0 Å². The number of nitrogens with zero attached hydrogens (tertiary/aromatic N) is 1. The third-order valence-electron chi connectivity index (χ3n) is 4.75. The molecule has 1 aliphatic rings. The van der Waals surface area contributed by atoms with Gasteiger partial charge in [0.2, 0.25) is 0 Å². The number of unbranched alkanes of at least 4 members (excludes halogenated alkanes) is 1. The van der Waals surface area contributed by atoms with Crippen LogP contribution in [0.3, 0.4) is 0 Å². The van der Waals surface area contributed by atoms with E-state index >= 15 is 0 Å². The molecule has 1 rings (SSSR count). The summed E-state index contributed by atoms with van der Waals surface area (Å²) >= 11 is 0. The minimum absolute atomic E-state index is 0.0839. The predicted octanol–water partition coefficient (Wildman–Crippen LogP) is 3.17. The highest BCUT2D eigenvalue weighted by Gasteiger charge is 2.23. The largest absolute Gasteiger partial charge is 0.394 e. The van der Waals surface area contributed by atoms with E-state index in [-0.39, 0.29) is 12.1 Å². The number of nitrogens with one attached hydrogen (secondary N) is 1. The Morgan fingerprint density at radius 3 is 2.70 bits per heavy atom. The molecule has 0 aromatic carbocycles. The Bertz CT molecular complexity index is 245. The van der Waals surface area contributed by atoms with Crippen molar-refractivity contribution in [2.75, 3.05) is 26.2 Å². The number of likely N-dealkylation sites (tertiary alicyclic amines) is 1. The number of piperidine rings is 1. The zero-order chi connectivity index (χ0) is 14.8. The van der Waals surface area contributed by atoms with Crippen molar-refractivity contribution in [3.63, 3.8) is 0 Å². The van der Waals surface area contributed by atoms with Crippen LogP contribution < -0.4 is 5.32 Å². The van der Waals surface area contributed by atoms with Crippen molar-refractivity contribution in [3.05, 3.63) is 0 Å². The van der Waals surface area contributed by atoms with Crippen molar-refractivity contribution in [2.24, 2.45) is 0 Å². The van der Waals surface area contributed by atoms with Gasteiger partial charge in [-0.05, 0) is 58.7 Å². The van der Waals surface area contributed by atoms with E-state index in [1.165, 1.54) is 58.0 Å². The maximum absolute atomic E-state index is 9.50. The van der Waals surface area contributed by atoms with E-state index < -0.39 is 0 Å². The van der Waals surface area contributed by atoms with Crippen LogP contribution in [0.1, 0.15) is 72.1 Å². The maximum atomic E-state index is 9.50. The Balaban J connectivity index is 2.24. The van der Waals surface area contributed by atoms with Crippen LogP contribution in [0.5, 0.6) is 0 Å². The zero-order valence-electron chi connectivity index (χ0n) is 14.0. The standard InChI is InChI=1S/C17H36N2O/c1-4-10-16-11-6-8-13-19(16)14-9-7-12-17(3,15-20)18-5-2/h16,18,20H,4-15H2,1-3H3. The molecule has 1 aliphatic heterocycles. The second-order valence-electron chi connectivity index (χ2n) is 6.68. The van der Waals surface area contributed by atoms with Crippen molar-refractivity contribution in [3.8, 4) is 0 Å². The topological polar surface area (TPSA) is 35.5 Å². The van der Waals surface area contributed by atoms with Crippen LogP contribution in [-0.4, -0.2) is 47.8 Å². The lowest BCUT2D eigenvalue weighted by Crippen LogP contribution is -2.45. The molecule has 120 valence electrons. The van der Waals surface area contributed by atoms with Gasteiger partial charge in [-0.1, -0.05) is 33.1 Å². The van der Waals surface area contributed by atoms with Crippen LogP contribution >= 0.6 is 0 Å². The molecule has 0 radical (unpaired) electrons. The predicted molar refractivity (Wildman–Crippen MR) is 87.1 cm³/mol. The van der Waals surface area contributed by atoms with Crippen molar-refractivity contribution < 1.29 is 5.11 Å². The molecule has 1 heterocycles. The van der Waals surface area contributed by atoms with Gasteiger partial charge in [0.15, 0.2) is 0 Å². The zero-order valence-corrected chi connectivity index (χ0v) is 14.0. The molecule has 1 fully saturated rings. The van der Waals surface area contributed by atoms with E-state index in [9.17, 15) is 5.11 Å². The van der Waals surface area contributed by atoms with E-state index in [0.29, 0.717) is 0 Å². The van der Waals surface area contributed by atoms with Crippen LogP contribution in [0, 0.1) is 0 Å². The Morgan fingerprint density at radius 1 is 1.25 bits per heavy atom. The summed E-state index contributed by atoms with van der Waals surface area (Å²) in [5, 5.41) is 12.9. The summed E-state index contributed by atoms with van der Waals surface area (Å²) in [6.45, 7) is 10.3. The SMILES string of the molecule is CCCC1CCCCN1CCCCC(C)(CO)NCC. The molecule has 2 unspecified atom stereocenters. The molecule has 0 spiro atoms. The molecule has 1 saturated heterocycles. The molecule has 3 heteroatoms. The molecule has 0 aromatic rings. The summed E-state index contributed by atoms with van der Waals surface area (Å²) in [6.07, 6.45) is 10.4. The van der Waals surface area contributed by atoms with Gasteiger partial charge in [0.25, 0.3) is 0 Å². The van der Waals surface area contributed by atoms with Crippen LogP contribution in [0.4, 0.5) is 0 Å². The highest BCUT2D eigenvalue weighted by atomic mass is 16.3. The Hall–Kier alpha value is -0.120. The van der Waals surface area contributed by atoms with Gasteiger partial charge in [-0.3, -0.25) is 0 Å². The van der Waals surface area contributed by atoms with Gasteiger partial charge in [0.1, 0.15) is 0 Å². The van der Waals surface area contributed by atoms with Gasteiger partial charge in [0.05, 0.1) is 6.61 Å². The second-order valence-corrected chi connectivity index (χ2v) is 6.68. The summed E-state index contributed by atoms with van der Waals surface area (Å²) in [7, 11) is 0. The molecule has 0 saturated carbocycles. The molecule has 3 nitrogen and oxygen atoms in total. The van der Waals surface area contributed by atoms with Gasteiger partial charge < -0.3 is 15.3 Å². The molecule has 0 amide bonds. The van der Waals surface area contributed by atoms with E-state index in [4.69, 9.17) is 0 Å². The average molecular weight is 284 g/mol. The first kappa shape index (κ1) is 17.9. The normalized spacial score (nSPS) is 23.7. The van der Waals surface area contributed by atoms with Gasteiger partial charge >= 0.3 is 0 Å². The summed E-state index contributed by atoms with van der Waals surface area (Å²) in [5.74, 6) is 0. The lowest BCUT2D eigenvalue weighted by Gasteiger charge is -2.36. The Labute approximate surface area is 126 Å². The number of hydrogen-bond donors (Lipinski definition) is 2. The van der Waals surface area contributed by atoms with E-state index in [1.54, 1.807) is 0 Å². The summed E-state index contributed by atoms with van der Waals surface area (Å²) in [6, 6.07) is 0.840. The summed E-state index contributed by atoms with van der Waals surface area (Å²) in [5.41, 5.74) is -0.0839. The van der Waals surface area contributed by atoms with Gasteiger partial charge in [-0.15, -0.1) is 0 Å². The molecule has 2 N–H and O–H groups in total. The van der Waals surface area contributed by atoms with Crippen molar-refractivity contribution in [1.82, 2.24) is 10.2 Å². The quantitative estimate of drug-likeness (QED) is 0.605. The fourth-order valence-electron chi connectivity index (χ4n) is 3.49. The maximum Gasteiger partial charge on any atom is 0.0610 e. The van der Waals surface area contributed by atoms with Gasteiger partial charge in [0, 0.05) is 11.6 Å². The Kier molecular flexibility index (Phi) is 8.74. The molecule has 0 aliphatic carbocycles. The third kappa shape index (κ3) is 6.11. The minimum Gasteiger partial charge on any atom is -0.394 e. The minimum atomic E-state index is -0.0839. The molecular formula is C17H36N2O. The Morgan fingerprint density at radius 2 is 2.05 bits per heavy atom. The fraction of sp³-hybridized carbons (Fsp3) is 1.00. The molecular weight excluding hydrogens is 248 g/mol. The van der Waals surface area contributed by atoms with Crippen LogP contribution in [-0.2, 0) is 0 Å². The smallest absolute Gasteiger partial charge is 0.0610 e. The first-order valence-corrected chi connectivity index (χ1v) is 8.75. The molecule has 0 bridgehead atoms. The van der Waals surface area contributed by atoms with E-state index in [2.05, 4.69) is 31.0 Å². The number of likely N-dealkylation sites (N-methyl/N-ethyl adjacent to an activating group) is 1. The van der Waals surface area contributed by atoms with E-state index in [0.717, 1.165) is 19.0 Å². The fourth-order valence-corrected chi connectivity index (χ4v) is 3.49. The average Bonchev–Trinajstić information content (AvgIpc) is 2.46. The third-order valence-corrected chi connectivity index (χ3v) is 4.75. The van der Waals surface area contributed by atoms with Crippen molar-refractivity contribution in [2.45, 2.75) is 83.7 Å². The van der Waals surface area contributed by atoms with Crippen molar-refractivity contribution >= 4 is 0 Å². The number of rotatable bonds is 10. The first-order chi connectivity index (χ1) is 9.65. The van der Waals surface area contributed by atoms with Crippen LogP contribution in [0.2, 0.25) is 0 Å². The number of aliphatic hydroxyl groups excluding tert-OH is 1. The highest BCUT2D eigenvalue weighted by molar-refractivity contribution is 4.82.